The van der Waals surface area contributed by atoms with E-state index in [2.05, 4.69) is 20.3 Å². The number of aliphatic hydroxyl groups excluding tert-OH is 1. The molecule has 2 aliphatic heterocycles. The number of benzene rings is 1. The van der Waals surface area contributed by atoms with E-state index >= 15 is 0 Å². The Labute approximate surface area is 226 Å². The number of hydrogen-bond acceptors (Lipinski definition) is 7. The average Bonchev–Trinajstić information content (AvgIpc) is 3.31. The van der Waals surface area contributed by atoms with Crippen LogP contribution >= 0.6 is 0 Å². The van der Waals surface area contributed by atoms with Crippen molar-refractivity contribution in [1.29, 1.82) is 0 Å². The number of aliphatic hydroxyl groups is 1. The van der Waals surface area contributed by atoms with Crippen LogP contribution in [0.3, 0.4) is 0 Å². The highest BCUT2D eigenvalue weighted by molar-refractivity contribution is 6.03. The maximum Gasteiger partial charge on any atom is 0.419 e. The number of hydrogen-bond donors (Lipinski definition) is 3. The number of nitrogens with one attached hydrogen (secondary N) is 2. The molecule has 2 aliphatic rings. The van der Waals surface area contributed by atoms with Crippen molar-refractivity contribution in [2.45, 2.75) is 44.4 Å². The minimum Gasteiger partial charge on any atom is -0.395 e. The van der Waals surface area contributed by atoms with Crippen LogP contribution in [0.1, 0.15) is 47.6 Å². The molecule has 5 rings (SSSR count). The first-order chi connectivity index (χ1) is 19.0. The van der Waals surface area contributed by atoms with Crippen LogP contribution in [0.2, 0.25) is 0 Å². The summed E-state index contributed by atoms with van der Waals surface area (Å²) in [6.45, 7) is 4.06. The second-order valence-corrected chi connectivity index (χ2v) is 10.1. The summed E-state index contributed by atoms with van der Waals surface area (Å²) in [6.07, 6.45) is -3.04. The van der Waals surface area contributed by atoms with Gasteiger partial charge in [0, 0.05) is 30.4 Å². The predicted molar refractivity (Wildman–Crippen MR) is 138 cm³/mol. The van der Waals surface area contributed by atoms with Crippen LogP contribution in [-0.4, -0.2) is 57.1 Å². The Kier molecular flexibility index (Phi) is 7.13. The Hall–Kier alpha value is -3.84. The lowest BCUT2D eigenvalue weighted by Gasteiger charge is -2.40. The first-order valence-corrected chi connectivity index (χ1v) is 12.8. The number of aromatic nitrogens is 3. The lowest BCUT2D eigenvalue weighted by atomic mass is 9.76. The van der Waals surface area contributed by atoms with Crippen LogP contribution < -0.4 is 15.8 Å². The number of carbonyl (C=O) groups is 1. The Morgan fingerprint density at radius 3 is 2.67 bits per heavy atom. The molecule has 0 aliphatic carbocycles. The van der Waals surface area contributed by atoms with E-state index in [0.717, 1.165) is 6.07 Å². The van der Waals surface area contributed by atoms with Crippen LogP contribution in [0.15, 0.2) is 41.3 Å². The van der Waals surface area contributed by atoms with E-state index in [1.807, 2.05) is 4.90 Å². The summed E-state index contributed by atoms with van der Waals surface area (Å²) in [5, 5.41) is 12.6. The lowest BCUT2D eigenvalue weighted by molar-refractivity contribution is -0.140. The van der Waals surface area contributed by atoms with E-state index in [-0.39, 0.29) is 42.7 Å². The third-order valence-corrected chi connectivity index (χ3v) is 7.55. The normalized spacial score (nSPS) is 20.2. The second-order valence-electron chi connectivity index (χ2n) is 10.1. The second kappa shape index (κ2) is 10.3. The number of carbonyl (C=O) groups excluding carboxylic acids is 1. The van der Waals surface area contributed by atoms with Crippen molar-refractivity contribution < 1.29 is 27.5 Å². The monoisotopic (exact) mass is 560 g/mol. The average molecular weight is 561 g/mol. The number of nitrogens with zero attached hydrogens (tertiary/aromatic N) is 4. The van der Waals surface area contributed by atoms with Crippen molar-refractivity contribution in [1.82, 2.24) is 19.9 Å². The standard InChI is InChI=1S/C27H28F4N6O3/c1-15(17-5-3-6-19(21(17)28)27(29,30)31)33-23-18-13-37(20-7-4-9-32-24(20)39)25(40)26(22(18)34-16(2)35-23)8-10-36(14-26)11-12-38/h3-7,9,15,38H,8,10-14H2,1-2H3,(H,32,39)(H,33,34,35)/t15-,26?/m1/s1. The molecule has 2 atom stereocenters. The van der Waals surface area contributed by atoms with Gasteiger partial charge in [0.05, 0.1) is 30.5 Å². The predicted octanol–water partition coefficient (Wildman–Crippen LogP) is 3.29. The van der Waals surface area contributed by atoms with E-state index in [0.29, 0.717) is 42.7 Å². The SMILES string of the molecule is Cc1nc(N[C@H](C)c2cccc(C(F)(F)F)c2F)c2c(n1)C1(CCN(CCO)C1)C(=O)N(c1ccc[nH]c1=O)C2. The number of fused-ring (bicyclic) bond motifs is 2. The van der Waals surface area contributed by atoms with Crippen LogP contribution in [0.25, 0.3) is 0 Å². The number of amides is 1. The molecule has 0 radical (unpaired) electrons. The van der Waals surface area contributed by atoms with Crippen molar-refractivity contribution in [3.05, 3.63) is 80.9 Å². The molecule has 1 aromatic carbocycles. The van der Waals surface area contributed by atoms with E-state index in [4.69, 9.17) is 0 Å². The largest absolute Gasteiger partial charge is 0.419 e. The third-order valence-electron chi connectivity index (χ3n) is 7.55. The highest BCUT2D eigenvalue weighted by Crippen LogP contribution is 2.44. The summed E-state index contributed by atoms with van der Waals surface area (Å²) < 4.78 is 55.0. The van der Waals surface area contributed by atoms with Crippen LogP contribution in [0.4, 0.5) is 29.1 Å². The van der Waals surface area contributed by atoms with Crippen LogP contribution in [0.5, 0.6) is 0 Å². The summed E-state index contributed by atoms with van der Waals surface area (Å²) in [5.74, 6) is -1.15. The number of aryl methyl sites for hydroxylation is 1. The molecule has 0 saturated carbocycles. The maximum atomic E-state index is 15.0. The number of pyridine rings is 1. The number of rotatable bonds is 6. The van der Waals surface area contributed by atoms with Gasteiger partial charge in [-0.15, -0.1) is 0 Å². The molecule has 40 heavy (non-hydrogen) atoms. The molecule has 212 valence electrons. The molecule has 4 heterocycles. The van der Waals surface area contributed by atoms with Crippen molar-refractivity contribution in [3.63, 3.8) is 0 Å². The minimum absolute atomic E-state index is 0.0799. The lowest BCUT2D eigenvalue weighted by Crippen LogP contribution is -2.54. The molecule has 1 amide bonds. The fourth-order valence-corrected chi connectivity index (χ4v) is 5.65. The van der Waals surface area contributed by atoms with Gasteiger partial charge in [0.15, 0.2) is 0 Å². The van der Waals surface area contributed by atoms with Gasteiger partial charge in [0.25, 0.3) is 5.56 Å². The zero-order chi connectivity index (χ0) is 28.8. The number of aromatic amines is 1. The Balaban J connectivity index is 1.62. The van der Waals surface area contributed by atoms with Gasteiger partial charge in [-0.1, -0.05) is 12.1 Å². The summed E-state index contributed by atoms with van der Waals surface area (Å²) in [5.41, 5.74) is -2.13. The summed E-state index contributed by atoms with van der Waals surface area (Å²) in [4.78, 5) is 41.9. The highest BCUT2D eigenvalue weighted by Gasteiger charge is 2.54. The fraction of sp³-hybridized carbons (Fsp3) is 0.407. The van der Waals surface area contributed by atoms with E-state index in [1.165, 1.54) is 30.2 Å². The topological polar surface area (TPSA) is 114 Å². The molecule has 0 bridgehead atoms. The Morgan fingerprint density at radius 2 is 1.98 bits per heavy atom. The van der Waals surface area contributed by atoms with E-state index in [1.54, 1.807) is 13.0 Å². The summed E-state index contributed by atoms with van der Waals surface area (Å²) in [6, 6.07) is 5.29. The number of anilines is 2. The van der Waals surface area contributed by atoms with E-state index in [9.17, 15) is 32.3 Å². The molecule has 1 unspecified atom stereocenters. The van der Waals surface area contributed by atoms with Crippen molar-refractivity contribution in [3.8, 4) is 0 Å². The molecule has 3 aromatic rings. The molecular formula is C27H28F4N6O3. The molecule has 3 N–H and O–H groups in total. The highest BCUT2D eigenvalue weighted by atomic mass is 19.4. The van der Waals surface area contributed by atoms with E-state index < -0.39 is 34.6 Å². The van der Waals surface area contributed by atoms with Gasteiger partial charge in [-0.2, -0.15) is 13.2 Å². The number of alkyl halides is 3. The first kappa shape index (κ1) is 27.7. The Morgan fingerprint density at radius 1 is 1.20 bits per heavy atom. The summed E-state index contributed by atoms with van der Waals surface area (Å²) >= 11 is 0. The third kappa shape index (κ3) is 4.73. The van der Waals surface area contributed by atoms with Gasteiger partial charge in [-0.25, -0.2) is 14.4 Å². The van der Waals surface area contributed by atoms with Crippen LogP contribution in [0, 0.1) is 12.7 Å². The van der Waals surface area contributed by atoms with Gasteiger partial charge in [0.1, 0.15) is 28.6 Å². The summed E-state index contributed by atoms with van der Waals surface area (Å²) in [7, 11) is 0. The van der Waals surface area contributed by atoms with Gasteiger partial charge in [-0.05, 0) is 45.0 Å². The Bertz CT molecular complexity index is 1510. The smallest absolute Gasteiger partial charge is 0.395 e. The zero-order valence-corrected chi connectivity index (χ0v) is 21.8. The van der Waals surface area contributed by atoms with Gasteiger partial charge >= 0.3 is 6.18 Å². The van der Waals surface area contributed by atoms with Crippen molar-refractivity contribution >= 4 is 17.4 Å². The molecular weight excluding hydrogens is 532 g/mol. The quantitative estimate of drug-likeness (QED) is 0.397. The molecule has 1 spiro atoms. The maximum absolute atomic E-state index is 15.0. The fourth-order valence-electron chi connectivity index (χ4n) is 5.65. The van der Waals surface area contributed by atoms with Crippen LogP contribution in [-0.2, 0) is 22.9 Å². The molecule has 9 nitrogen and oxygen atoms in total. The molecule has 2 aromatic heterocycles. The van der Waals surface area contributed by atoms with Crippen molar-refractivity contribution in [2.24, 2.45) is 0 Å². The van der Waals surface area contributed by atoms with Gasteiger partial charge < -0.3 is 20.3 Å². The number of β-amino-alcohol motifs (C(OH)–C–C–N with tert-alkyl or cyclic N) is 1. The van der Waals surface area contributed by atoms with Gasteiger partial charge in [0.2, 0.25) is 5.91 Å². The first-order valence-electron chi connectivity index (χ1n) is 12.8. The molecule has 1 fully saturated rings. The molecule has 1 saturated heterocycles. The molecule has 13 heteroatoms. The number of halogens is 4. The van der Waals surface area contributed by atoms with Gasteiger partial charge in [-0.3, -0.25) is 14.5 Å². The number of H-pyrrole nitrogens is 1. The zero-order valence-electron chi connectivity index (χ0n) is 21.8. The number of likely N-dealkylation sites (tertiary alicyclic amines) is 1. The minimum atomic E-state index is -4.86. The van der Waals surface area contributed by atoms with Crippen molar-refractivity contribution in [2.75, 3.05) is 36.5 Å².